The van der Waals surface area contributed by atoms with Crippen LogP contribution < -0.4 is 0 Å². The van der Waals surface area contributed by atoms with E-state index in [0.29, 0.717) is 22.0 Å². The van der Waals surface area contributed by atoms with E-state index in [1.165, 1.54) is 0 Å². The summed E-state index contributed by atoms with van der Waals surface area (Å²) in [7, 11) is 0. The number of hydrogen-bond acceptors (Lipinski definition) is 2. The summed E-state index contributed by atoms with van der Waals surface area (Å²) in [6.07, 6.45) is -0.115. The van der Waals surface area contributed by atoms with Crippen molar-refractivity contribution in [3.8, 4) is 0 Å². The van der Waals surface area contributed by atoms with Gasteiger partial charge in [0, 0.05) is 10.6 Å². The number of hydrogen-bond donors (Lipinski definition) is 0. The Morgan fingerprint density at radius 1 is 1.14 bits per heavy atom. The van der Waals surface area contributed by atoms with Crippen molar-refractivity contribution < 1.29 is 9.47 Å². The summed E-state index contributed by atoms with van der Waals surface area (Å²) in [4.78, 5) is 0. The minimum atomic E-state index is -0.887. The first-order chi connectivity index (χ1) is 10.1. The zero-order valence-corrected chi connectivity index (χ0v) is 14.2. The second-order valence-electron chi connectivity index (χ2n) is 4.84. The molecule has 1 fully saturated rings. The van der Waals surface area contributed by atoms with Crippen LogP contribution in [0.4, 0.5) is 0 Å². The number of halogens is 3. The topological polar surface area (TPSA) is 18.5 Å². The third kappa shape index (κ3) is 2.99. The smallest absolute Gasteiger partial charge is 0.207 e. The molecule has 0 amide bonds. The van der Waals surface area contributed by atoms with Gasteiger partial charge in [-0.05, 0) is 17.7 Å². The Bertz CT molecular complexity index is 635. The molecule has 0 spiro atoms. The molecule has 110 valence electrons. The molecular weight excluding hydrogens is 375 g/mol. The van der Waals surface area contributed by atoms with E-state index in [1.54, 1.807) is 12.1 Å². The van der Waals surface area contributed by atoms with Gasteiger partial charge in [0.2, 0.25) is 5.79 Å². The van der Waals surface area contributed by atoms with Gasteiger partial charge in [0.15, 0.2) is 0 Å². The molecule has 0 aromatic heterocycles. The number of benzene rings is 2. The molecule has 0 unspecified atom stereocenters. The van der Waals surface area contributed by atoms with Gasteiger partial charge in [0.05, 0.1) is 17.0 Å². The Morgan fingerprint density at radius 2 is 1.90 bits per heavy atom. The third-order valence-electron chi connectivity index (χ3n) is 3.49. The van der Waals surface area contributed by atoms with Crippen LogP contribution in [0.15, 0.2) is 48.5 Å². The van der Waals surface area contributed by atoms with Gasteiger partial charge >= 0.3 is 0 Å². The van der Waals surface area contributed by atoms with Crippen molar-refractivity contribution in [2.24, 2.45) is 0 Å². The van der Waals surface area contributed by atoms with Gasteiger partial charge in [-0.2, -0.15) is 0 Å². The molecular formula is C16H13BrCl2O2. The SMILES string of the molecule is Clc1ccc([C@]2(CBr)OC[C@@H](c3ccccc3)O2)c(Cl)c1. The van der Waals surface area contributed by atoms with Crippen molar-refractivity contribution in [3.63, 3.8) is 0 Å². The van der Waals surface area contributed by atoms with E-state index in [4.69, 9.17) is 32.7 Å². The van der Waals surface area contributed by atoms with E-state index >= 15 is 0 Å². The first-order valence-electron chi connectivity index (χ1n) is 6.53. The van der Waals surface area contributed by atoms with Crippen LogP contribution in [0.25, 0.3) is 0 Å². The van der Waals surface area contributed by atoms with Crippen LogP contribution in [0.1, 0.15) is 17.2 Å². The molecule has 0 N–H and O–H groups in total. The molecule has 2 aromatic rings. The summed E-state index contributed by atoms with van der Waals surface area (Å²) in [5.41, 5.74) is 1.87. The van der Waals surface area contributed by atoms with Crippen molar-refractivity contribution >= 4 is 39.1 Å². The summed E-state index contributed by atoms with van der Waals surface area (Å²) in [5.74, 6) is -0.887. The van der Waals surface area contributed by atoms with Gasteiger partial charge in [-0.1, -0.05) is 75.5 Å². The highest BCUT2D eigenvalue weighted by atomic mass is 79.9. The lowest BCUT2D eigenvalue weighted by atomic mass is 10.1. The average Bonchev–Trinajstić information content (AvgIpc) is 2.94. The number of alkyl halides is 1. The van der Waals surface area contributed by atoms with Crippen LogP contribution >= 0.6 is 39.1 Å². The van der Waals surface area contributed by atoms with Crippen LogP contribution in [0.5, 0.6) is 0 Å². The van der Waals surface area contributed by atoms with Crippen molar-refractivity contribution in [2.45, 2.75) is 11.9 Å². The highest BCUT2D eigenvalue weighted by molar-refractivity contribution is 9.09. The molecule has 1 saturated heterocycles. The Labute approximate surface area is 142 Å². The van der Waals surface area contributed by atoms with E-state index in [9.17, 15) is 0 Å². The summed E-state index contributed by atoms with van der Waals surface area (Å²) in [5, 5.41) is 1.62. The molecule has 21 heavy (non-hydrogen) atoms. The van der Waals surface area contributed by atoms with Crippen LogP contribution in [-0.2, 0) is 15.3 Å². The van der Waals surface area contributed by atoms with Crippen LogP contribution in [0, 0.1) is 0 Å². The van der Waals surface area contributed by atoms with Gasteiger partial charge < -0.3 is 9.47 Å². The molecule has 3 rings (SSSR count). The third-order valence-corrected chi connectivity index (χ3v) is 4.78. The maximum atomic E-state index is 6.31. The monoisotopic (exact) mass is 386 g/mol. The number of ether oxygens (including phenoxy) is 2. The molecule has 5 heteroatoms. The summed E-state index contributed by atoms with van der Waals surface area (Å²) < 4.78 is 12.2. The molecule has 0 aliphatic carbocycles. The fourth-order valence-electron chi connectivity index (χ4n) is 2.42. The van der Waals surface area contributed by atoms with E-state index < -0.39 is 5.79 Å². The van der Waals surface area contributed by atoms with Gasteiger partial charge in [0.25, 0.3) is 0 Å². The van der Waals surface area contributed by atoms with Crippen molar-refractivity contribution in [1.82, 2.24) is 0 Å². The molecule has 2 nitrogen and oxygen atoms in total. The maximum absolute atomic E-state index is 6.31. The highest BCUT2D eigenvalue weighted by Gasteiger charge is 2.44. The van der Waals surface area contributed by atoms with Gasteiger partial charge in [-0.3, -0.25) is 0 Å². The van der Waals surface area contributed by atoms with Crippen LogP contribution in [0.3, 0.4) is 0 Å². The standard InChI is InChI=1S/C16H13BrCl2O2/c17-10-16(13-7-6-12(18)8-14(13)19)20-9-15(21-16)11-4-2-1-3-5-11/h1-8,15H,9-10H2/t15-,16+/m0/s1. The fraction of sp³-hybridized carbons (Fsp3) is 0.250. The number of rotatable bonds is 3. The lowest BCUT2D eigenvalue weighted by molar-refractivity contribution is -0.157. The molecule has 1 aliphatic rings. The van der Waals surface area contributed by atoms with E-state index in [1.807, 2.05) is 36.4 Å². The summed E-state index contributed by atoms with van der Waals surface area (Å²) >= 11 is 15.7. The molecule has 0 radical (unpaired) electrons. The Balaban J connectivity index is 1.92. The molecule has 2 aromatic carbocycles. The molecule has 0 saturated carbocycles. The zero-order valence-electron chi connectivity index (χ0n) is 11.1. The van der Waals surface area contributed by atoms with Crippen molar-refractivity contribution in [3.05, 3.63) is 69.7 Å². The molecule has 0 bridgehead atoms. The normalized spacial score (nSPS) is 25.2. The maximum Gasteiger partial charge on any atom is 0.207 e. The minimum absolute atomic E-state index is 0.115. The minimum Gasteiger partial charge on any atom is -0.342 e. The second kappa shape index (κ2) is 6.27. The van der Waals surface area contributed by atoms with E-state index in [-0.39, 0.29) is 6.10 Å². The first-order valence-corrected chi connectivity index (χ1v) is 8.40. The molecule has 1 heterocycles. The quantitative estimate of drug-likeness (QED) is 0.662. The van der Waals surface area contributed by atoms with Gasteiger partial charge in [-0.25, -0.2) is 0 Å². The Hall–Kier alpha value is -0.580. The van der Waals surface area contributed by atoms with Crippen LogP contribution in [0.2, 0.25) is 10.0 Å². The average molecular weight is 388 g/mol. The predicted molar refractivity (Wildman–Crippen MR) is 88.2 cm³/mol. The summed E-state index contributed by atoms with van der Waals surface area (Å²) in [6, 6.07) is 15.3. The Kier molecular flexibility index (Phi) is 4.57. The lowest BCUT2D eigenvalue weighted by Crippen LogP contribution is -2.29. The predicted octanol–water partition coefficient (Wildman–Crippen LogP) is 5.33. The van der Waals surface area contributed by atoms with Crippen LogP contribution in [-0.4, -0.2) is 11.9 Å². The fourth-order valence-corrected chi connectivity index (χ4v) is 3.57. The van der Waals surface area contributed by atoms with Crippen molar-refractivity contribution in [1.29, 1.82) is 0 Å². The zero-order chi connectivity index (χ0) is 14.9. The summed E-state index contributed by atoms with van der Waals surface area (Å²) in [6.45, 7) is 0.481. The molecule has 1 aliphatic heterocycles. The van der Waals surface area contributed by atoms with Crippen molar-refractivity contribution in [2.75, 3.05) is 11.9 Å². The highest BCUT2D eigenvalue weighted by Crippen LogP contribution is 2.44. The largest absolute Gasteiger partial charge is 0.342 e. The van der Waals surface area contributed by atoms with E-state index in [0.717, 1.165) is 11.1 Å². The Morgan fingerprint density at radius 3 is 2.57 bits per heavy atom. The van der Waals surface area contributed by atoms with E-state index in [2.05, 4.69) is 15.9 Å². The molecule has 2 atom stereocenters. The second-order valence-corrected chi connectivity index (χ2v) is 6.24. The van der Waals surface area contributed by atoms with Gasteiger partial charge in [-0.15, -0.1) is 0 Å². The lowest BCUT2D eigenvalue weighted by Gasteiger charge is -2.27. The first kappa shape index (κ1) is 15.3. The van der Waals surface area contributed by atoms with Gasteiger partial charge in [0.1, 0.15) is 6.10 Å².